The summed E-state index contributed by atoms with van der Waals surface area (Å²) in [5, 5.41) is 0. The smallest absolute Gasteiger partial charge is 0.324 e. The highest BCUT2D eigenvalue weighted by atomic mass is 16.5. The van der Waals surface area contributed by atoms with Crippen LogP contribution < -0.4 is 5.73 Å². The van der Waals surface area contributed by atoms with Gasteiger partial charge in [0, 0.05) is 0 Å². The maximum Gasteiger partial charge on any atom is 0.324 e. The van der Waals surface area contributed by atoms with E-state index in [0.29, 0.717) is 6.61 Å². The zero-order valence-electron chi connectivity index (χ0n) is 12.7. The summed E-state index contributed by atoms with van der Waals surface area (Å²) in [4.78, 5) is 12.0. The van der Waals surface area contributed by atoms with Crippen LogP contribution >= 0.6 is 0 Å². The molecule has 1 radical (unpaired) electrons. The van der Waals surface area contributed by atoms with Crippen molar-refractivity contribution in [3.05, 3.63) is 35.9 Å². The predicted molar refractivity (Wildman–Crippen MR) is 83.8 cm³/mol. The number of carbonyl (C=O) groups is 1. The molecule has 3 nitrogen and oxygen atoms in total. The van der Waals surface area contributed by atoms with E-state index >= 15 is 0 Å². The predicted octanol–water partition coefficient (Wildman–Crippen LogP) is 3.78. The Morgan fingerprint density at radius 3 is 2.48 bits per heavy atom. The molecule has 0 aromatic heterocycles. The van der Waals surface area contributed by atoms with Gasteiger partial charge in [0.15, 0.2) is 0 Å². The van der Waals surface area contributed by atoms with Gasteiger partial charge in [-0.1, -0.05) is 56.0 Å². The van der Waals surface area contributed by atoms with Gasteiger partial charge in [-0.25, -0.2) is 5.73 Å². The first-order chi connectivity index (χ1) is 10.3. The Bertz CT molecular complexity index is 410. The van der Waals surface area contributed by atoms with E-state index in [-0.39, 0.29) is 11.9 Å². The van der Waals surface area contributed by atoms with Gasteiger partial charge in [0.1, 0.15) is 6.04 Å². The average molecular weight is 288 g/mol. The molecule has 115 valence electrons. The summed E-state index contributed by atoms with van der Waals surface area (Å²) >= 11 is 0. The molecule has 0 bridgehead atoms. The second-order valence-corrected chi connectivity index (χ2v) is 5.99. The fourth-order valence-electron chi connectivity index (χ4n) is 3.02. The topological polar surface area (TPSA) is 50.1 Å². The third kappa shape index (κ3) is 5.50. The van der Waals surface area contributed by atoms with E-state index < -0.39 is 6.04 Å². The minimum atomic E-state index is -0.681. The minimum absolute atomic E-state index is 0.203. The fourth-order valence-corrected chi connectivity index (χ4v) is 3.02. The van der Waals surface area contributed by atoms with Crippen LogP contribution in [-0.2, 0) is 16.0 Å². The van der Waals surface area contributed by atoms with Gasteiger partial charge in [-0.3, -0.25) is 4.79 Å². The molecule has 3 heteroatoms. The molecule has 1 aromatic carbocycles. The summed E-state index contributed by atoms with van der Waals surface area (Å²) in [6.07, 6.45) is 8.56. The maximum absolute atomic E-state index is 12.0. The molecule has 0 heterocycles. The number of rotatable bonds is 6. The standard InChI is InChI=1S/C18H26NO2/c19-17(16-12-6-1-2-7-13-16)18(20)21-14-8-11-15-9-4-3-5-10-15/h3-5,9-10,16-17,19H,1-2,6-8,11-14H2. The van der Waals surface area contributed by atoms with Crippen LogP contribution in [0.2, 0.25) is 0 Å². The molecule has 1 aliphatic rings. The van der Waals surface area contributed by atoms with Gasteiger partial charge in [-0.2, -0.15) is 0 Å². The van der Waals surface area contributed by atoms with Crippen molar-refractivity contribution in [1.29, 1.82) is 0 Å². The summed E-state index contributed by atoms with van der Waals surface area (Å²) in [6.45, 7) is 0.426. The maximum atomic E-state index is 12.0. The summed E-state index contributed by atoms with van der Waals surface area (Å²) in [5.41, 5.74) is 9.36. The molecule has 21 heavy (non-hydrogen) atoms. The van der Waals surface area contributed by atoms with Gasteiger partial charge >= 0.3 is 5.97 Å². The van der Waals surface area contributed by atoms with Crippen molar-refractivity contribution < 1.29 is 9.53 Å². The van der Waals surface area contributed by atoms with Crippen LogP contribution in [0, 0.1) is 5.92 Å². The average Bonchev–Trinajstić information content (AvgIpc) is 2.81. The van der Waals surface area contributed by atoms with Gasteiger partial charge in [0.05, 0.1) is 6.61 Å². The van der Waals surface area contributed by atoms with E-state index in [1.54, 1.807) is 0 Å². The zero-order valence-corrected chi connectivity index (χ0v) is 12.7. The first kappa shape index (κ1) is 16.0. The highest BCUT2D eigenvalue weighted by Gasteiger charge is 2.27. The van der Waals surface area contributed by atoms with Crippen molar-refractivity contribution in [3.8, 4) is 0 Å². The quantitative estimate of drug-likeness (QED) is 0.454. The number of nitrogens with one attached hydrogen (secondary N) is 1. The molecular weight excluding hydrogens is 262 g/mol. The summed E-state index contributed by atoms with van der Waals surface area (Å²) in [6, 6.07) is 9.53. The number of ether oxygens (including phenoxy) is 1. The number of carbonyl (C=O) groups excluding carboxylic acids is 1. The monoisotopic (exact) mass is 288 g/mol. The summed E-state index contributed by atoms with van der Waals surface area (Å²) in [5.74, 6) is -0.121. The number of benzene rings is 1. The van der Waals surface area contributed by atoms with E-state index in [0.717, 1.165) is 38.5 Å². The van der Waals surface area contributed by atoms with Crippen molar-refractivity contribution in [2.75, 3.05) is 6.61 Å². The van der Waals surface area contributed by atoms with Crippen LogP contribution in [0.5, 0.6) is 0 Å². The molecule has 1 atom stereocenters. The van der Waals surface area contributed by atoms with Crippen LogP contribution in [0.3, 0.4) is 0 Å². The van der Waals surface area contributed by atoms with Gasteiger partial charge in [-0.15, -0.1) is 0 Å². The fraction of sp³-hybridized carbons (Fsp3) is 0.611. The SMILES string of the molecule is [NH]C(C(=O)OCCCc1ccccc1)C1CCCCCC1. The highest BCUT2D eigenvalue weighted by molar-refractivity contribution is 5.75. The van der Waals surface area contributed by atoms with Crippen molar-refractivity contribution >= 4 is 5.97 Å². The molecule has 0 spiro atoms. The molecule has 1 saturated carbocycles. The molecule has 1 aliphatic carbocycles. The molecule has 1 fully saturated rings. The number of hydrogen-bond donors (Lipinski definition) is 0. The van der Waals surface area contributed by atoms with Gasteiger partial charge in [0.2, 0.25) is 0 Å². The van der Waals surface area contributed by atoms with Gasteiger partial charge in [0.25, 0.3) is 0 Å². The van der Waals surface area contributed by atoms with Crippen molar-refractivity contribution in [2.24, 2.45) is 5.92 Å². The number of aryl methyl sites for hydroxylation is 1. The Morgan fingerprint density at radius 1 is 1.14 bits per heavy atom. The molecule has 2 rings (SSSR count). The van der Waals surface area contributed by atoms with Crippen molar-refractivity contribution in [3.63, 3.8) is 0 Å². The third-order valence-electron chi connectivity index (χ3n) is 4.32. The normalized spacial score (nSPS) is 18.0. The van der Waals surface area contributed by atoms with Crippen molar-refractivity contribution in [1.82, 2.24) is 5.73 Å². The molecule has 0 aliphatic heterocycles. The molecule has 0 amide bonds. The molecule has 0 saturated heterocycles. The minimum Gasteiger partial charge on any atom is -0.464 e. The Hall–Kier alpha value is -1.35. The largest absolute Gasteiger partial charge is 0.464 e. The van der Waals surface area contributed by atoms with Crippen LogP contribution in [0.4, 0.5) is 0 Å². The van der Waals surface area contributed by atoms with E-state index in [9.17, 15) is 4.79 Å². The lowest BCUT2D eigenvalue weighted by Gasteiger charge is -2.19. The van der Waals surface area contributed by atoms with Gasteiger partial charge in [-0.05, 0) is 37.2 Å². The summed E-state index contributed by atoms with van der Waals surface area (Å²) in [7, 11) is 0. The van der Waals surface area contributed by atoms with E-state index in [2.05, 4.69) is 12.1 Å². The Morgan fingerprint density at radius 2 is 1.81 bits per heavy atom. The molecule has 1 N–H and O–H groups in total. The lowest BCUT2D eigenvalue weighted by Crippen LogP contribution is -2.33. The summed E-state index contributed by atoms with van der Waals surface area (Å²) < 4.78 is 5.29. The lowest BCUT2D eigenvalue weighted by molar-refractivity contribution is -0.147. The first-order valence-electron chi connectivity index (χ1n) is 8.19. The second kappa shape index (κ2) is 8.83. The Labute approximate surface area is 127 Å². The Balaban J connectivity index is 1.66. The highest BCUT2D eigenvalue weighted by Crippen LogP contribution is 2.25. The Kier molecular flexibility index (Phi) is 6.74. The van der Waals surface area contributed by atoms with Crippen LogP contribution in [0.1, 0.15) is 50.5 Å². The van der Waals surface area contributed by atoms with E-state index in [1.165, 1.54) is 18.4 Å². The van der Waals surface area contributed by atoms with Gasteiger partial charge < -0.3 is 4.74 Å². The van der Waals surface area contributed by atoms with Crippen LogP contribution in [0.15, 0.2) is 30.3 Å². The van der Waals surface area contributed by atoms with Crippen LogP contribution in [-0.4, -0.2) is 18.6 Å². The molecule has 1 aromatic rings. The van der Waals surface area contributed by atoms with Crippen LogP contribution in [0.25, 0.3) is 0 Å². The first-order valence-corrected chi connectivity index (χ1v) is 8.19. The molecule has 1 unspecified atom stereocenters. The second-order valence-electron chi connectivity index (χ2n) is 5.99. The third-order valence-corrected chi connectivity index (χ3v) is 4.32. The molecular formula is C18H26NO2. The number of hydrogen-bond acceptors (Lipinski definition) is 2. The van der Waals surface area contributed by atoms with Crippen molar-refractivity contribution in [2.45, 2.75) is 57.4 Å². The van der Waals surface area contributed by atoms with E-state index in [4.69, 9.17) is 10.5 Å². The lowest BCUT2D eigenvalue weighted by atomic mass is 9.92. The number of esters is 1. The van der Waals surface area contributed by atoms with E-state index in [1.807, 2.05) is 18.2 Å². The zero-order chi connectivity index (χ0) is 14.9.